The molecule has 6 heteroatoms. The molecule has 0 aromatic heterocycles. The highest BCUT2D eigenvalue weighted by Crippen LogP contribution is 2.67. The van der Waals surface area contributed by atoms with Crippen molar-refractivity contribution in [3.8, 4) is 0 Å². The van der Waals surface area contributed by atoms with E-state index in [4.69, 9.17) is 0 Å². The molecular weight excluding hydrogens is 394 g/mol. The van der Waals surface area contributed by atoms with Crippen LogP contribution in [0.5, 0.6) is 0 Å². The van der Waals surface area contributed by atoms with E-state index in [1.54, 1.807) is 12.2 Å². The minimum Gasteiger partial charge on any atom is -0.393 e. The van der Waals surface area contributed by atoms with Crippen molar-refractivity contribution in [2.45, 2.75) is 71.5 Å². The first-order valence-electron chi connectivity index (χ1n) is 11.8. The molecule has 4 rings (SSSR count). The third kappa shape index (κ3) is 3.75. The molecule has 0 unspecified atom stereocenters. The van der Waals surface area contributed by atoms with Crippen LogP contribution in [-0.2, 0) is 9.59 Å². The number of Topliss-reactive ketones (excluding diaryl/α,β-unsaturated/α-hetero) is 1. The lowest BCUT2D eigenvalue weighted by atomic mass is 9.46. The van der Waals surface area contributed by atoms with Crippen molar-refractivity contribution in [3.63, 3.8) is 0 Å². The van der Waals surface area contributed by atoms with Crippen LogP contribution in [0.3, 0.4) is 0 Å². The van der Waals surface area contributed by atoms with Gasteiger partial charge < -0.3 is 20.6 Å². The Balaban J connectivity index is 0.000000491. The second-order valence-corrected chi connectivity index (χ2v) is 10.1. The molecule has 3 fully saturated rings. The summed E-state index contributed by atoms with van der Waals surface area (Å²) >= 11 is 0. The highest BCUT2D eigenvalue weighted by atomic mass is 16.3. The number of hydrogen-bond donors (Lipinski definition) is 4. The molecule has 4 N–H and O–H groups in total. The number of fused-ring (bicyclic) bond motifs is 5. The van der Waals surface area contributed by atoms with Gasteiger partial charge >= 0.3 is 0 Å². The molecule has 0 bridgehead atoms. The number of rotatable bonds is 4. The van der Waals surface area contributed by atoms with Crippen molar-refractivity contribution in [2.24, 2.45) is 28.6 Å². The van der Waals surface area contributed by atoms with Gasteiger partial charge in [-0.25, -0.2) is 0 Å². The smallest absolute Gasteiger partial charge is 0.190 e. The van der Waals surface area contributed by atoms with Gasteiger partial charge in [-0.3, -0.25) is 9.59 Å². The maximum absolute atomic E-state index is 12.4. The van der Waals surface area contributed by atoms with Crippen molar-refractivity contribution in [1.82, 2.24) is 5.32 Å². The Hall–Kier alpha value is -1.34. The fraction of sp³-hybridized carbons (Fsp3) is 0.760. The highest BCUT2D eigenvalue weighted by molar-refractivity contribution is 6.01. The molecule has 31 heavy (non-hydrogen) atoms. The molecule has 4 aliphatic rings. The quantitative estimate of drug-likeness (QED) is 0.541. The molecular formula is C25H39NO5. The SMILES string of the molecule is CCNCC.C[C@]12C=CC(=O)C=C1CC[C@@H]1[C@@H]2[C@@H](O)C[C@@]2(C)[C@H]1CC[C@]2(O)C(=O)CO. The molecule has 0 amide bonds. The Bertz CT molecular complexity index is 774. The van der Waals surface area contributed by atoms with Gasteiger partial charge in [-0.05, 0) is 69.2 Å². The number of carbonyl (C=O) groups excluding carboxylic acids is 2. The van der Waals surface area contributed by atoms with Crippen LogP contribution in [0.15, 0.2) is 23.8 Å². The summed E-state index contributed by atoms with van der Waals surface area (Å²) in [6.07, 6.45) is 7.68. The highest BCUT2D eigenvalue weighted by Gasteiger charge is 2.67. The number of nitrogens with one attached hydrogen (secondary N) is 1. The van der Waals surface area contributed by atoms with E-state index < -0.39 is 29.5 Å². The molecule has 3 saturated carbocycles. The zero-order valence-corrected chi connectivity index (χ0v) is 19.4. The summed E-state index contributed by atoms with van der Waals surface area (Å²) in [6, 6.07) is 0. The van der Waals surface area contributed by atoms with Gasteiger partial charge in [-0.2, -0.15) is 0 Å². The summed E-state index contributed by atoms with van der Waals surface area (Å²) in [5.41, 5.74) is -1.54. The Morgan fingerprint density at radius 2 is 1.90 bits per heavy atom. The third-order valence-electron chi connectivity index (χ3n) is 8.75. The first kappa shape index (κ1) is 24.3. The topological polar surface area (TPSA) is 107 Å². The Morgan fingerprint density at radius 1 is 1.23 bits per heavy atom. The first-order valence-corrected chi connectivity index (χ1v) is 11.8. The minimum absolute atomic E-state index is 0.00912. The lowest BCUT2D eigenvalue weighted by Crippen LogP contribution is -2.61. The molecule has 0 aromatic carbocycles. The van der Waals surface area contributed by atoms with Gasteiger partial charge in [0.15, 0.2) is 11.6 Å². The van der Waals surface area contributed by atoms with Gasteiger partial charge in [-0.15, -0.1) is 0 Å². The first-order chi connectivity index (χ1) is 14.6. The van der Waals surface area contributed by atoms with E-state index in [2.05, 4.69) is 26.1 Å². The number of ketones is 2. The van der Waals surface area contributed by atoms with E-state index in [1.165, 1.54) is 0 Å². The van der Waals surface area contributed by atoms with E-state index in [0.29, 0.717) is 12.8 Å². The van der Waals surface area contributed by atoms with Gasteiger partial charge in [-0.1, -0.05) is 39.3 Å². The van der Waals surface area contributed by atoms with Crippen molar-refractivity contribution < 1.29 is 24.9 Å². The minimum atomic E-state index is -1.56. The summed E-state index contributed by atoms with van der Waals surface area (Å²) in [6.45, 7) is 9.73. The van der Waals surface area contributed by atoms with Crippen LogP contribution in [-0.4, -0.2) is 58.3 Å². The van der Waals surface area contributed by atoms with Crippen LogP contribution in [0.4, 0.5) is 0 Å². The van der Waals surface area contributed by atoms with Gasteiger partial charge in [0.25, 0.3) is 0 Å². The molecule has 7 atom stereocenters. The number of hydrogen-bond acceptors (Lipinski definition) is 6. The molecule has 0 saturated heterocycles. The molecule has 4 aliphatic carbocycles. The van der Waals surface area contributed by atoms with Gasteiger partial charge in [0.2, 0.25) is 0 Å². The Kier molecular flexibility index (Phi) is 6.97. The van der Waals surface area contributed by atoms with E-state index in [-0.39, 0.29) is 29.0 Å². The second-order valence-electron chi connectivity index (χ2n) is 10.1. The van der Waals surface area contributed by atoms with Crippen LogP contribution in [0, 0.1) is 28.6 Å². The molecule has 174 valence electrons. The van der Waals surface area contributed by atoms with Crippen molar-refractivity contribution in [1.29, 1.82) is 0 Å². The second kappa shape index (κ2) is 8.89. The fourth-order valence-corrected chi connectivity index (χ4v) is 7.17. The average molecular weight is 434 g/mol. The van der Waals surface area contributed by atoms with Crippen LogP contribution in [0.25, 0.3) is 0 Å². The Labute approximate surface area is 185 Å². The summed E-state index contributed by atoms with van der Waals surface area (Å²) < 4.78 is 0. The van der Waals surface area contributed by atoms with Crippen LogP contribution in [0.2, 0.25) is 0 Å². The lowest BCUT2D eigenvalue weighted by molar-refractivity contribution is -0.178. The summed E-state index contributed by atoms with van der Waals surface area (Å²) in [5, 5.41) is 34.8. The van der Waals surface area contributed by atoms with E-state index >= 15 is 0 Å². The van der Waals surface area contributed by atoms with Crippen LogP contribution >= 0.6 is 0 Å². The van der Waals surface area contributed by atoms with Crippen molar-refractivity contribution >= 4 is 11.6 Å². The van der Waals surface area contributed by atoms with Crippen LogP contribution < -0.4 is 5.32 Å². The van der Waals surface area contributed by atoms with E-state index in [1.807, 2.05) is 13.0 Å². The number of aliphatic hydroxyl groups excluding tert-OH is 2. The normalized spacial score (nSPS) is 43.2. The predicted molar refractivity (Wildman–Crippen MR) is 119 cm³/mol. The number of allylic oxidation sites excluding steroid dienone is 4. The van der Waals surface area contributed by atoms with Gasteiger partial charge in [0.05, 0.1) is 6.10 Å². The zero-order chi connectivity index (χ0) is 23.0. The monoisotopic (exact) mass is 433 g/mol. The summed E-state index contributed by atoms with van der Waals surface area (Å²) in [7, 11) is 0. The molecule has 0 aromatic rings. The Morgan fingerprint density at radius 3 is 2.48 bits per heavy atom. The average Bonchev–Trinajstić information content (AvgIpc) is 3.00. The maximum atomic E-state index is 12.4. The summed E-state index contributed by atoms with van der Waals surface area (Å²) in [4.78, 5) is 24.2. The number of carbonyl (C=O) groups is 2. The fourth-order valence-electron chi connectivity index (χ4n) is 7.17. The van der Waals surface area contributed by atoms with Crippen molar-refractivity contribution in [3.05, 3.63) is 23.8 Å². The molecule has 0 radical (unpaired) electrons. The largest absolute Gasteiger partial charge is 0.393 e. The third-order valence-corrected chi connectivity index (χ3v) is 8.75. The number of aliphatic hydroxyl groups is 3. The van der Waals surface area contributed by atoms with Gasteiger partial charge in [0.1, 0.15) is 12.2 Å². The van der Waals surface area contributed by atoms with E-state index in [0.717, 1.165) is 37.9 Å². The molecule has 0 spiro atoms. The summed E-state index contributed by atoms with van der Waals surface area (Å²) in [5.74, 6) is -0.227. The predicted octanol–water partition coefficient (Wildman–Crippen LogP) is 2.17. The molecule has 6 nitrogen and oxygen atoms in total. The zero-order valence-electron chi connectivity index (χ0n) is 19.4. The lowest BCUT2D eigenvalue weighted by Gasteiger charge is -2.59. The van der Waals surface area contributed by atoms with Gasteiger partial charge in [0, 0.05) is 16.7 Å². The molecule has 0 heterocycles. The standard InChI is InChI=1S/C21H28O5.C4H11N/c1-19-7-5-13(23)9-12(19)3-4-14-15-6-8-21(26,17(25)11-22)20(15,2)10-16(24)18(14)19;1-3-5-4-2/h5,7,9,14-16,18,22,24,26H,3-4,6,8,10-11H2,1-2H3;5H,3-4H2,1-2H3/t14-,15-,16-,18+,19-,20-,21-;/m0./s1. The van der Waals surface area contributed by atoms with Crippen molar-refractivity contribution in [2.75, 3.05) is 19.7 Å². The maximum Gasteiger partial charge on any atom is 0.190 e. The van der Waals surface area contributed by atoms with E-state index in [9.17, 15) is 24.9 Å². The molecule has 0 aliphatic heterocycles. The van der Waals surface area contributed by atoms with Crippen LogP contribution in [0.1, 0.15) is 59.8 Å².